The zero-order chi connectivity index (χ0) is 16.8. The third-order valence-electron chi connectivity index (χ3n) is 3.50. The van der Waals surface area contributed by atoms with Crippen molar-refractivity contribution in [3.63, 3.8) is 0 Å². The van der Waals surface area contributed by atoms with E-state index in [1.165, 1.54) is 18.4 Å². The Bertz CT molecular complexity index is 671. The maximum atomic E-state index is 11.8. The van der Waals surface area contributed by atoms with Crippen LogP contribution in [0.25, 0.3) is 0 Å². The predicted molar refractivity (Wildman–Crippen MR) is 95.8 cm³/mol. The number of carbonyl (C=O) groups excluding carboxylic acids is 1. The van der Waals surface area contributed by atoms with Gasteiger partial charge in [0.05, 0.1) is 30.6 Å². The lowest BCUT2D eigenvalue weighted by Crippen LogP contribution is -2.23. The molecule has 0 radical (unpaired) electrons. The molecule has 0 spiro atoms. The van der Waals surface area contributed by atoms with Gasteiger partial charge in [-0.05, 0) is 32.0 Å². The molecule has 0 saturated carbocycles. The molecule has 0 bridgehead atoms. The number of anilines is 2. The summed E-state index contributed by atoms with van der Waals surface area (Å²) < 4.78 is 5.35. The van der Waals surface area contributed by atoms with Crippen LogP contribution < -0.4 is 10.2 Å². The normalized spacial score (nSPS) is 10.4. The van der Waals surface area contributed by atoms with Gasteiger partial charge in [0.1, 0.15) is 0 Å². The summed E-state index contributed by atoms with van der Waals surface area (Å²) in [5, 5.41) is 3.39. The molecule has 2 aromatic rings. The SMILES string of the molecule is CCN(CC)c1cc(C(=O)OC)ccc1NCc1cnc(Cl)s1. The molecule has 1 aromatic heterocycles. The maximum Gasteiger partial charge on any atom is 0.337 e. The van der Waals surface area contributed by atoms with Crippen molar-refractivity contribution in [3.05, 3.63) is 39.3 Å². The first kappa shape index (κ1) is 17.6. The van der Waals surface area contributed by atoms with Crippen molar-refractivity contribution in [3.8, 4) is 0 Å². The van der Waals surface area contributed by atoms with Crippen molar-refractivity contribution in [1.82, 2.24) is 4.98 Å². The lowest BCUT2D eigenvalue weighted by atomic mass is 10.1. The Labute approximate surface area is 145 Å². The second-order valence-electron chi connectivity index (χ2n) is 4.83. The zero-order valence-corrected chi connectivity index (χ0v) is 15.0. The van der Waals surface area contributed by atoms with E-state index in [2.05, 4.69) is 29.0 Å². The van der Waals surface area contributed by atoms with Crippen LogP contribution in [0.3, 0.4) is 0 Å². The summed E-state index contributed by atoms with van der Waals surface area (Å²) in [6, 6.07) is 5.53. The van der Waals surface area contributed by atoms with Gasteiger partial charge in [0.15, 0.2) is 4.47 Å². The molecule has 7 heteroatoms. The summed E-state index contributed by atoms with van der Waals surface area (Å²) in [4.78, 5) is 19.1. The Morgan fingerprint density at radius 2 is 2.13 bits per heavy atom. The second kappa shape index (κ2) is 8.17. The van der Waals surface area contributed by atoms with E-state index >= 15 is 0 Å². The summed E-state index contributed by atoms with van der Waals surface area (Å²) in [6.07, 6.45) is 1.76. The lowest BCUT2D eigenvalue weighted by molar-refractivity contribution is 0.0601. The topological polar surface area (TPSA) is 54.5 Å². The molecule has 0 aliphatic rings. The summed E-state index contributed by atoms with van der Waals surface area (Å²) in [5.74, 6) is -0.334. The molecule has 0 atom stereocenters. The number of methoxy groups -OCH3 is 1. The van der Waals surface area contributed by atoms with Crippen LogP contribution in [0.15, 0.2) is 24.4 Å². The first-order chi connectivity index (χ1) is 11.1. The Balaban J connectivity index is 2.27. The maximum absolute atomic E-state index is 11.8. The van der Waals surface area contributed by atoms with Gasteiger partial charge in [-0.2, -0.15) is 0 Å². The van der Waals surface area contributed by atoms with E-state index in [1.807, 2.05) is 12.1 Å². The molecule has 23 heavy (non-hydrogen) atoms. The third kappa shape index (κ3) is 4.36. The van der Waals surface area contributed by atoms with Crippen molar-refractivity contribution < 1.29 is 9.53 Å². The van der Waals surface area contributed by atoms with Crippen molar-refractivity contribution in [2.24, 2.45) is 0 Å². The van der Waals surface area contributed by atoms with Crippen LogP contribution in [0.5, 0.6) is 0 Å². The van der Waals surface area contributed by atoms with Gasteiger partial charge < -0.3 is 15.0 Å². The van der Waals surface area contributed by atoms with E-state index in [0.717, 1.165) is 29.3 Å². The molecule has 1 aromatic carbocycles. The quantitative estimate of drug-likeness (QED) is 0.761. The number of thiazole rings is 1. The van der Waals surface area contributed by atoms with Crippen molar-refractivity contribution in [1.29, 1.82) is 0 Å². The van der Waals surface area contributed by atoms with Crippen LogP contribution in [-0.4, -0.2) is 31.2 Å². The van der Waals surface area contributed by atoms with E-state index in [1.54, 1.807) is 12.3 Å². The van der Waals surface area contributed by atoms with Crippen molar-refractivity contribution in [2.75, 3.05) is 30.4 Å². The van der Waals surface area contributed by atoms with Crippen molar-refractivity contribution >= 4 is 40.3 Å². The number of esters is 1. The van der Waals surface area contributed by atoms with Gasteiger partial charge in [-0.15, -0.1) is 11.3 Å². The molecule has 124 valence electrons. The number of hydrogen-bond donors (Lipinski definition) is 1. The predicted octanol–water partition coefficient (Wildman–Crippen LogP) is 4.04. The zero-order valence-electron chi connectivity index (χ0n) is 13.4. The highest BCUT2D eigenvalue weighted by Gasteiger charge is 2.14. The average molecular weight is 354 g/mol. The number of ether oxygens (including phenoxy) is 1. The molecule has 0 aliphatic heterocycles. The average Bonchev–Trinajstić information content (AvgIpc) is 2.99. The molecule has 1 N–H and O–H groups in total. The standard InChI is InChI=1S/C16H20ClN3O2S/c1-4-20(5-2)14-8-11(15(21)22-3)6-7-13(14)18-9-12-10-19-16(17)23-12/h6-8,10,18H,4-5,9H2,1-3H3. The molecule has 0 fully saturated rings. The first-order valence-electron chi connectivity index (χ1n) is 7.40. The number of nitrogens with one attached hydrogen (secondary N) is 1. The molecule has 2 rings (SSSR count). The van der Waals surface area contributed by atoms with E-state index in [4.69, 9.17) is 16.3 Å². The minimum atomic E-state index is -0.334. The van der Waals surface area contributed by atoms with Crippen LogP contribution in [0.2, 0.25) is 4.47 Å². The highest BCUT2D eigenvalue weighted by molar-refractivity contribution is 7.15. The van der Waals surface area contributed by atoms with Crippen LogP contribution in [-0.2, 0) is 11.3 Å². The molecule has 0 amide bonds. The van der Waals surface area contributed by atoms with Crippen LogP contribution in [0, 0.1) is 0 Å². The van der Waals surface area contributed by atoms with Gasteiger partial charge in [-0.1, -0.05) is 11.6 Å². The van der Waals surface area contributed by atoms with E-state index in [0.29, 0.717) is 16.6 Å². The number of nitrogens with zero attached hydrogens (tertiary/aromatic N) is 2. The van der Waals surface area contributed by atoms with E-state index in [9.17, 15) is 4.79 Å². The monoisotopic (exact) mass is 353 g/mol. The minimum Gasteiger partial charge on any atom is -0.465 e. The Morgan fingerprint density at radius 3 is 2.70 bits per heavy atom. The van der Waals surface area contributed by atoms with Gasteiger partial charge in [0, 0.05) is 24.2 Å². The van der Waals surface area contributed by atoms with Gasteiger partial charge >= 0.3 is 5.97 Å². The second-order valence-corrected chi connectivity index (χ2v) is 6.53. The first-order valence-corrected chi connectivity index (χ1v) is 8.59. The largest absolute Gasteiger partial charge is 0.465 e. The smallest absolute Gasteiger partial charge is 0.337 e. The highest BCUT2D eigenvalue weighted by atomic mass is 35.5. The molecule has 1 heterocycles. The number of aromatic nitrogens is 1. The lowest BCUT2D eigenvalue weighted by Gasteiger charge is -2.25. The van der Waals surface area contributed by atoms with Gasteiger partial charge in [0.25, 0.3) is 0 Å². The summed E-state index contributed by atoms with van der Waals surface area (Å²) in [6.45, 7) is 6.50. The molecule has 0 unspecified atom stereocenters. The molecule has 0 saturated heterocycles. The van der Waals surface area contributed by atoms with Gasteiger partial charge in [-0.3, -0.25) is 0 Å². The van der Waals surface area contributed by atoms with E-state index < -0.39 is 0 Å². The number of rotatable bonds is 7. The molecule has 0 aliphatic carbocycles. The fraction of sp³-hybridized carbons (Fsp3) is 0.375. The van der Waals surface area contributed by atoms with Crippen LogP contribution in [0.4, 0.5) is 11.4 Å². The summed E-state index contributed by atoms with van der Waals surface area (Å²) in [5.41, 5.74) is 2.49. The Kier molecular flexibility index (Phi) is 6.24. The highest BCUT2D eigenvalue weighted by Crippen LogP contribution is 2.29. The Hall–Kier alpha value is -1.79. The fourth-order valence-electron chi connectivity index (χ4n) is 2.30. The number of benzene rings is 1. The van der Waals surface area contributed by atoms with Crippen LogP contribution >= 0.6 is 22.9 Å². The minimum absolute atomic E-state index is 0.334. The molecular formula is C16H20ClN3O2S. The third-order valence-corrected chi connectivity index (χ3v) is 4.62. The summed E-state index contributed by atoms with van der Waals surface area (Å²) >= 11 is 7.31. The van der Waals surface area contributed by atoms with Crippen molar-refractivity contribution in [2.45, 2.75) is 20.4 Å². The van der Waals surface area contributed by atoms with Gasteiger partial charge in [-0.25, -0.2) is 9.78 Å². The number of hydrogen-bond acceptors (Lipinski definition) is 6. The van der Waals surface area contributed by atoms with E-state index in [-0.39, 0.29) is 5.97 Å². The molecular weight excluding hydrogens is 334 g/mol. The Morgan fingerprint density at radius 1 is 1.39 bits per heavy atom. The molecule has 5 nitrogen and oxygen atoms in total. The number of carbonyl (C=O) groups is 1. The van der Waals surface area contributed by atoms with Crippen LogP contribution in [0.1, 0.15) is 29.1 Å². The number of halogens is 1. The summed E-state index contributed by atoms with van der Waals surface area (Å²) in [7, 11) is 1.39. The fourth-order valence-corrected chi connectivity index (χ4v) is 3.22. The van der Waals surface area contributed by atoms with Gasteiger partial charge in [0.2, 0.25) is 0 Å².